The molecular weight excluding hydrogens is 1540 g/mol. The Hall–Kier alpha value is -15.8. The minimum Gasteiger partial charge on any atom is -0.496 e. The van der Waals surface area contributed by atoms with E-state index in [1.807, 2.05) is 122 Å². The number of aryl methyl sites for hydroxylation is 4. The molecule has 0 fully saturated rings. The number of ether oxygens (including phenoxy) is 4. The minimum atomic E-state index is -1.24. The Balaban J connectivity index is 0.759. The van der Waals surface area contributed by atoms with E-state index in [0.29, 0.717) is 116 Å². The summed E-state index contributed by atoms with van der Waals surface area (Å²) >= 11 is 0. The van der Waals surface area contributed by atoms with Crippen LogP contribution in [-0.4, -0.2) is 127 Å². The van der Waals surface area contributed by atoms with Gasteiger partial charge < -0.3 is 18.9 Å². The number of H-pyrrole nitrogens is 4. The van der Waals surface area contributed by atoms with Crippen LogP contribution in [0.5, 0.6) is 23.0 Å². The molecule has 32 heteroatoms. The topological polar surface area (TPSA) is 379 Å². The molecule has 2 aliphatic rings. The predicted octanol–water partition coefficient (Wildman–Crippen LogP) is 8.12. The van der Waals surface area contributed by atoms with Crippen LogP contribution in [0.4, 0.5) is 0 Å². The Kier molecular flexibility index (Phi) is 19.4. The SMILES string of the molecule is COc1cc2c(cc1-c1cn(Cc3ccc(Cn4cc(C)c(=O)[nH]c4=O)cc3)nn1)-c1cc(-c3cn(Cc4ccc(Cn5cc(C)c(=O)[nH]c5=O)cc4)nn3)c(OC)cc1C21c2cc(OC)c(-c3cn(Cc4ccc(Cn5cc(C)c(=O)[nH]c5=O)cc4)nn3)cc2-c2cc(-c3cn(Cc4ccc(Cn5cc(C)c(=O)[nH]c5=O)cc4)nn3)c(OC)cc21. The summed E-state index contributed by atoms with van der Waals surface area (Å²) in [4.78, 5) is 109. The summed E-state index contributed by atoms with van der Waals surface area (Å²) in [5.41, 5.74) is 15.0. The van der Waals surface area contributed by atoms with Gasteiger partial charge in [-0.05, 0) is 165 Å². The van der Waals surface area contributed by atoms with Gasteiger partial charge in [0.1, 0.15) is 45.8 Å². The van der Waals surface area contributed by atoms with E-state index < -0.39 is 50.4 Å². The Morgan fingerprint density at radius 2 is 0.455 bits per heavy atom. The molecule has 18 rings (SSSR count). The van der Waals surface area contributed by atoms with Crippen LogP contribution in [0.15, 0.2) is 234 Å². The van der Waals surface area contributed by atoms with Crippen molar-refractivity contribution in [1.29, 1.82) is 0 Å². The van der Waals surface area contributed by atoms with Gasteiger partial charge in [0.2, 0.25) is 0 Å². The zero-order chi connectivity index (χ0) is 83.8. The van der Waals surface area contributed by atoms with Crippen LogP contribution >= 0.6 is 0 Å². The molecule has 0 saturated heterocycles. The highest BCUT2D eigenvalue weighted by Crippen LogP contribution is 2.67. The van der Waals surface area contributed by atoms with E-state index in [2.05, 4.69) is 89.3 Å². The third-order valence-corrected chi connectivity index (χ3v) is 22.5. The molecule has 4 N–H and O–H groups in total. The summed E-state index contributed by atoms with van der Waals surface area (Å²) in [5.74, 6) is 1.93. The maximum Gasteiger partial charge on any atom is 0.328 e. The molecule has 121 heavy (non-hydrogen) atoms. The van der Waals surface area contributed by atoms with Crippen LogP contribution < -0.4 is 63.9 Å². The number of aromatic amines is 4. The third-order valence-electron chi connectivity index (χ3n) is 22.5. The van der Waals surface area contributed by atoms with Crippen molar-refractivity contribution in [2.45, 2.75) is 85.5 Å². The summed E-state index contributed by atoms with van der Waals surface area (Å²) in [6.45, 7) is 9.00. The summed E-state index contributed by atoms with van der Waals surface area (Å²) in [7, 11) is 6.50. The number of fused-ring (bicyclic) bond motifs is 10. The normalized spacial score (nSPS) is 12.2. The molecule has 0 radical (unpaired) electrons. The maximum atomic E-state index is 12.7. The van der Waals surface area contributed by atoms with Gasteiger partial charge in [-0.15, -0.1) is 20.4 Å². The first-order valence-corrected chi connectivity index (χ1v) is 38.6. The lowest BCUT2D eigenvalue weighted by Gasteiger charge is -2.32. The molecule has 0 aliphatic heterocycles. The number of benzene rings is 8. The van der Waals surface area contributed by atoms with E-state index in [1.54, 1.807) is 99.6 Å². The zero-order valence-electron chi connectivity index (χ0n) is 66.7. The van der Waals surface area contributed by atoms with Gasteiger partial charge in [-0.25, -0.2) is 37.9 Å². The van der Waals surface area contributed by atoms with Crippen molar-refractivity contribution in [2.24, 2.45) is 0 Å². The second-order valence-corrected chi connectivity index (χ2v) is 30.4. The van der Waals surface area contributed by atoms with E-state index in [0.717, 1.165) is 89.0 Å². The quantitative estimate of drug-likeness (QED) is 0.0443. The summed E-state index contributed by atoms with van der Waals surface area (Å²) in [6, 6.07) is 47.8. The molecule has 0 amide bonds. The smallest absolute Gasteiger partial charge is 0.328 e. The van der Waals surface area contributed by atoms with Crippen molar-refractivity contribution in [3.63, 3.8) is 0 Å². The molecule has 2 aliphatic carbocycles. The highest BCUT2D eigenvalue weighted by molar-refractivity contribution is 6.01. The fraction of sp³-hybridized carbons (Fsp3) is 0.191. The molecule has 16 aromatic rings. The van der Waals surface area contributed by atoms with Crippen LogP contribution in [0.3, 0.4) is 0 Å². The molecule has 0 unspecified atom stereocenters. The van der Waals surface area contributed by atoms with E-state index in [1.165, 1.54) is 18.3 Å². The number of rotatable bonds is 24. The first-order valence-electron chi connectivity index (χ1n) is 38.6. The number of methoxy groups -OCH3 is 4. The van der Waals surface area contributed by atoms with E-state index in [4.69, 9.17) is 39.3 Å². The summed E-state index contributed by atoms with van der Waals surface area (Å²) in [5, 5.41) is 38.0. The van der Waals surface area contributed by atoms with E-state index >= 15 is 0 Å². The average molecular weight is 1620 g/mol. The van der Waals surface area contributed by atoms with Gasteiger partial charge in [0.05, 0.1) is 111 Å². The van der Waals surface area contributed by atoms with Gasteiger partial charge in [0, 0.05) is 69.3 Å². The largest absolute Gasteiger partial charge is 0.496 e. The average Bonchev–Trinajstić information content (AvgIpc) is 1.49. The van der Waals surface area contributed by atoms with Gasteiger partial charge in [-0.3, -0.25) is 57.4 Å². The highest BCUT2D eigenvalue weighted by atomic mass is 16.5. The van der Waals surface area contributed by atoms with Gasteiger partial charge in [-0.2, -0.15) is 0 Å². The Morgan fingerprint density at radius 3 is 0.645 bits per heavy atom. The molecule has 8 aromatic heterocycles. The fourth-order valence-corrected chi connectivity index (χ4v) is 16.3. The minimum absolute atomic E-state index is 0.254. The van der Waals surface area contributed by atoms with E-state index in [-0.39, 0.29) is 26.2 Å². The number of nitrogens with one attached hydrogen (secondary N) is 4. The third kappa shape index (κ3) is 14.3. The highest BCUT2D eigenvalue weighted by Gasteiger charge is 2.54. The summed E-state index contributed by atoms with van der Waals surface area (Å²) < 4.78 is 39.0. The molecule has 604 valence electrons. The molecule has 0 bridgehead atoms. The first kappa shape index (κ1) is 76.5. The number of hydrogen-bond donors (Lipinski definition) is 4. The van der Waals surface area contributed by atoms with Crippen molar-refractivity contribution >= 4 is 0 Å². The standard InChI is InChI=1S/C89H76N20O12/c1-49-33-102(85(114)90-81(49)110)37-53-9-17-57(18-10-53)41-106-45-73(94-98-106)65-25-61-62-26-66(74-46-107(99-95-74)42-58-19-11-54(12-20-58)38-103-34-50(2)82(111)91-86(103)115)78(119-6)30-70(62)89(69(61)29-77(65)118-5)71-31-79(120-7)67(75-47-108(100-96-75)43-59-21-13-55(14-22-59)39-104-35-51(3)83(112)92-87(104)116)27-63(71)64-28-68(80(121-8)32-72(64)89)76-48-109(101-97-76)44-60-23-15-56(16-24-60)40-105-36-52(4)84(113)93-88(105)117/h9-36,45-48H,37-44H2,1-8H3,(H,90,110,114)(H,91,111,115)(H,92,112,116)(H,93,113,117). The molecule has 8 heterocycles. The van der Waals surface area contributed by atoms with Crippen LogP contribution in [-0.2, 0) is 57.8 Å². The van der Waals surface area contributed by atoms with Crippen LogP contribution in [0.25, 0.3) is 67.3 Å². The number of hydrogen-bond acceptors (Lipinski definition) is 20. The van der Waals surface area contributed by atoms with Crippen molar-refractivity contribution in [3.8, 4) is 90.3 Å². The Bertz CT molecular complexity index is 6480. The number of nitrogens with zero attached hydrogens (tertiary/aromatic N) is 16. The van der Waals surface area contributed by atoms with Crippen molar-refractivity contribution in [2.75, 3.05) is 28.4 Å². The van der Waals surface area contributed by atoms with Crippen LogP contribution in [0, 0.1) is 27.7 Å². The van der Waals surface area contributed by atoms with Crippen LogP contribution in [0.2, 0.25) is 0 Å². The Morgan fingerprint density at radius 1 is 0.264 bits per heavy atom. The predicted molar refractivity (Wildman–Crippen MR) is 448 cm³/mol. The fourth-order valence-electron chi connectivity index (χ4n) is 16.3. The van der Waals surface area contributed by atoms with E-state index in [9.17, 15) is 38.4 Å². The second kappa shape index (κ2) is 30.7. The lowest BCUT2D eigenvalue weighted by Crippen LogP contribution is -2.31. The molecular formula is C89H76N20O12. The monoisotopic (exact) mass is 1620 g/mol. The van der Waals surface area contributed by atoms with Gasteiger partial charge in [0.25, 0.3) is 22.2 Å². The Labute approximate surface area is 685 Å². The first-order chi connectivity index (χ1) is 58.5. The molecule has 1 spiro atoms. The van der Waals surface area contributed by atoms with Crippen molar-refractivity contribution < 1.29 is 18.9 Å². The zero-order valence-corrected chi connectivity index (χ0v) is 66.7. The lowest BCUT2D eigenvalue weighted by atomic mass is 9.70. The number of aromatic nitrogens is 20. The van der Waals surface area contributed by atoms with Gasteiger partial charge in [-0.1, -0.05) is 118 Å². The maximum absolute atomic E-state index is 12.7. The van der Waals surface area contributed by atoms with Crippen molar-refractivity contribution in [1.82, 2.24) is 98.2 Å². The van der Waals surface area contributed by atoms with Crippen molar-refractivity contribution in [3.05, 3.63) is 368 Å². The molecule has 0 atom stereocenters. The van der Waals surface area contributed by atoms with Gasteiger partial charge >= 0.3 is 22.8 Å². The second-order valence-electron chi connectivity index (χ2n) is 30.4. The van der Waals surface area contributed by atoms with Gasteiger partial charge in [0.15, 0.2) is 0 Å². The lowest BCUT2D eigenvalue weighted by molar-refractivity contribution is 0.413. The molecule has 8 aromatic carbocycles. The summed E-state index contributed by atoms with van der Waals surface area (Å²) in [6.07, 6.45) is 13.7. The molecule has 32 nitrogen and oxygen atoms in total. The molecule has 0 saturated carbocycles. The van der Waals surface area contributed by atoms with Crippen LogP contribution in [0.1, 0.15) is 89.0 Å².